The van der Waals surface area contributed by atoms with Crippen LogP contribution in [0, 0.1) is 0 Å². The topological polar surface area (TPSA) is 175 Å². The van der Waals surface area contributed by atoms with Crippen molar-refractivity contribution in [2.75, 3.05) is 18.9 Å². The number of nitrogens with zero attached hydrogens (tertiary/aromatic N) is 2. The summed E-state index contributed by atoms with van der Waals surface area (Å²) in [6, 6.07) is 1.30. The highest BCUT2D eigenvalue weighted by molar-refractivity contribution is 5.68. The van der Waals surface area contributed by atoms with Gasteiger partial charge in [0.1, 0.15) is 19.0 Å². The first kappa shape index (κ1) is 23.8. The van der Waals surface area contributed by atoms with Crippen LogP contribution in [0.1, 0.15) is 33.9 Å². The lowest BCUT2D eigenvalue weighted by Gasteiger charge is -2.32. The van der Waals surface area contributed by atoms with Crippen molar-refractivity contribution < 1.29 is 42.9 Å². The fraction of sp³-hybridized carbons (Fsp3) is 0.556. The minimum Gasteiger partial charge on any atom is -0.462 e. The van der Waals surface area contributed by atoms with E-state index in [4.69, 9.17) is 29.4 Å². The predicted octanol–water partition coefficient (Wildman–Crippen LogP) is -0.917. The van der Waals surface area contributed by atoms with E-state index in [1.807, 2.05) is 0 Å². The molecule has 1 aromatic rings. The second-order valence-electron chi connectivity index (χ2n) is 6.78. The van der Waals surface area contributed by atoms with E-state index in [-0.39, 0.29) is 5.82 Å². The molecule has 0 saturated carbocycles. The molecule has 0 spiro atoms. The van der Waals surface area contributed by atoms with E-state index in [2.05, 4.69) is 4.98 Å². The van der Waals surface area contributed by atoms with E-state index in [9.17, 15) is 24.0 Å². The number of carbonyl (C=O) groups excluding carboxylic acids is 4. The van der Waals surface area contributed by atoms with Crippen molar-refractivity contribution in [2.24, 2.45) is 0 Å². The Hall–Kier alpha value is -3.48. The second-order valence-corrected chi connectivity index (χ2v) is 6.78. The molecule has 31 heavy (non-hydrogen) atoms. The summed E-state index contributed by atoms with van der Waals surface area (Å²) >= 11 is 0. The van der Waals surface area contributed by atoms with Gasteiger partial charge in [-0.1, -0.05) is 0 Å². The van der Waals surface area contributed by atoms with Crippen molar-refractivity contribution in [1.82, 2.24) is 9.55 Å². The first-order chi connectivity index (χ1) is 14.4. The fourth-order valence-corrected chi connectivity index (χ4v) is 3.04. The molecular formula is C18H23N3O10. The van der Waals surface area contributed by atoms with Crippen molar-refractivity contribution >= 4 is 29.7 Å². The van der Waals surface area contributed by atoms with Gasteiger partial charge >= 0.3 is 29.6 Å². The van der Waals surface area contributed by atoms with E-state index >= 15 is 0 Å². The lowest BCUT2D eigenvalue weighted by molar-refractivity contribution is -0.192. The quantitative estimate of drug-likeness (QED) is 0.407. The third-order valence-corrected chi connectivity index (χ3v) is 4.21. The molecule has 0 aromatic carbocycles. The van der Waals surface area contributed by atoms with Crippen LogP contribution in [0.3, 0.4) is 0 Å². The fourth-order valence-electron chi connectivity index (χ4n) is 3.04. The average molecular weight is 441 g/mol. The van der Waals surface area contributed by atoms with Gasteiger partial charge in [-0.05, 0) is 6.07 Å². The van der Waals surface area contributed by atoms with Gasteiger partial charge in [-0.15, -0.1) is 0 Å². The average Bonchev–Trinajstić information content (AvgIpc) is 2.91. The largest absolute Gasteiger partial charge is 0.462 e. The van der Waals surface area contributed by atoms with Crippen molar-refractivity contribution in [3.05, 3.63) is 22.7 Å². The molecule has 170 valence electrons. The zero-order chi connectivity index (χ0) is 23.3. The number of carbonyl (C=O) groups is 4. The van der Waals surface area contributed by atoms with E-state index < -0.39 is 66.8 Å². The van der Waals surface area contributed by atoms with Crippen LogP contribution in [0.5, 0.6) is 0 Å². The minimum absolute atomic E-state index is 0.0640. The number of rotatable bonds is 7. The van der Waals surface area contributed by atoms with E-state index in [0.717, 1.165) is 32.3 Å². The van der Waals surface area contributed by atoms with Crippen LogP contribution in [0.15, 0.2) is 17.1 Å². The third kappa shape index (κ3) is 5.78. The molecular weight excluding hydrogens is 418 g/mol. The second kappa shape index (κ2) is 9.55. The molecule has 1 aliphatic heterocycles. The highest BCUT2D eigenvalue weighted by Crippen LogP contribution is 2.41. The molecule has 0 amide bonds. The summed E-state index contributed by atoms with van der Waals surface area (Å²) in [5, 5.41) is 0. The normalized spacial score (nSPS) is 21.7. The van der Waals surface area contributed by atoms with Crippen molar-refractivity contribution in [3.8, 4) is 0 Å². The Labute approximate surface area is 176 Å². The summed E-state index contributed by atoms with van der Waals surface area (Å²) in [5.41, 5.74) is 2.87. The molecule has 13 nitrogen and oxygen atoms in total. The smallest absolute Gasteiger partial charge is 0.351 e. The molecule has 1 aromatic heterocycles. The summed E-state index contributed by atoms with van der Waals surface area (Å²) in [4.78, 5) is 62.5. The van der Waals surface area contributed by atoms with Gasteiger partial charge in [0.15, 0.2) is 24.0 Å². The summed E-state index contributed by atoms with van der Waals surface area (Å²) in [6.45, 7) is 3.37. The molecule has 2 N–H and O–H groups in total. The highest BCUT2D eigenvalue weighted by Gasteiger charge is 2.61. The first-order valence-electron chi connectivity index (χ1n) is 9.09. The standard InChI is InChI=1S/C18H23N3O10/c1-9(22)27-7-18(8-28-10(2)23)15(30-12(4)25)14(29-11(3)24)16(31-18)21-6-5-13(19)20-17(21)26/h5-6,14-16H,7-8H2,1-4H3,(H2,19,20,26)/t14-,15-,16-/m1/s1. The predicted molar refractivity (Wildman–Crippen MR) is 100 cm³/mol. The number of ether oxygens (including phenoxy) is 5. The van der Waals surface area contributed by atoms with Crippen molar-refractivity contribution in [2.45, 2.75) is 51.7 Å². The van der Waals surface area contributed by atoms with E-state index in [0.29, 0.717) is 0 Å². The molecule has 1 fully saturated rings. The van der Waals surface area contributed by atoms with Gasteiger partial charge in [-0.25, -0.2) is 4.79 Å². The summed E-state index contributed by atoms with van der Waals surface area (Å²) < 4.78 is 27.7. The lowest BCUT2D eigenvalue weighted by Crippen LogP contribution is -2.53. The molecule has 0 aliphatic carbocycles. The monoisotopic (exact) mass is 441 g/mol. The van der Waals surface area contributed by atoms with Gasteiger partial charge in [0.2, 0.25) is 0 Å². The van der Waals surface area contributed by atoms with Crippen LogP contribution in [0.25, 0.3) is 0 Å². The molecule has 0 radical (unpaired) electrons. The van der Waals surface area contributed by atoms with Gasteiger partial charge in [0, 0.05) is 33.9 Å². The number of nitrogens with two attached hydrogens (primary N) is 1. The molecule has 0 bridgehead atoms. The van der Waals surface area contributed by atoms with Crippen LogP contribution in [-0.4, -0.2) is 64.5 Å². The van der Waals surface area contributed by atoms with Crippen molar-refractivity contribution in [3.63, 3.8) is 0 Å². The van der Waals surface area contributed by atoms with Crippen LogP contribution < -0.4 is 11.4 Å². The summed E-state index contributed by atoms with van der Waals surface area (Å²) in [6.07, 6.45) is -2.93. The van der Waals surface area contributed by atoms with Crippen LogP contribution in [-0.2, 0) is 42.9 Å². The Morgan fingerprint density at radius 2 is 1.58 bits per heavy atom. The first-order valence-corrected chi connectivity index (χ1v) is 9.09. The molecule has 13 heteroatoms. The van der Waals surface area contributed by atoms with Crippen LogP contribution in [0.4, 0.5) is 5.82 Å². The Morgan fingerprint density at radius 1 is 1.03 bits per heavy atom. The molecule has 1 aliphatic rings. The minimum atomic E-state index is -1.80. The summed E-state index contributed by atoms with van der Waals surface area (Å²) in [7, 11) is 0. The van der Waals surface area contributed by atoms with Gasteiger partial charge in [0.25, 0.3) is 0 Å². The van der Waals surface area contributed by atoms with Gasteiger partial charge in [-0.2, -0.15) is 4.98 Å². The Balaban J connectivity index is 2.62. The van der Waals surface area contributed by atoms with Gasteiger partial charge in [-0.3, -0.25) is 23.7 Å². The van der Waals surface area contributed by atoms with Crippen molar-refractivity contribution in [1.29, 1.82) is 0 Å². The lowest BCUT2D eigenvalue weighted by atomic mass is 9.96. The number of hydrogen-bond acceptors (Lipinski definition) is 12. The maximum atomic E-state index is 12.4. The van der Waals surface area contributed by atoms with Gasteiger partial charge in [0.05, 0.1) is 0 Å². The molecule has 0 unspecified atom stereocenters. The Kier molecular flexibility index (Phi) is 7.33. The van der Waals surface area contributed by atoms with E-state index in [1.54, 1.807) is 0 Å². The zero-order valence-electron chi connectivity index (χ0n) is 17.4. The maximum absolute atomic E-state index is 12.4. The third-order valence-electron chi connectivity index (χ3n) is 4.21. The number of anilines is 1. The summed E-state index contributed by atoms with van der Waals surface area (Å²) in [5.74, 6) is -3.03. The number of nitrogen functional groups attached to an aromatic ring is 1. The Bertz CT molecular complexity index is 909. The molecule has 2 heterocycles. The number of aromatic nitrogens is 2. The van der Waals surface area contributed by atoms with Crippen LogP contribution in [0.2, 0.25) is 0 Å². The molecule has 3 atom stereocenters. The molecule has 2 rings (SSSR count). The highest BCUT2D eigenvalue weighted by atomic mass is 16.7. The van der Waals surface area contributed by atoms with Crippen LogP contribution >= 0.6 is 0 Å². The Morgan fingerprint density at radius 3 is 2.03 bits per heavy atom. The molecule has 1 saturated heterocycles. The SMILES string of the molecule is CC(=O)OCC1(COC(C)=O)O[C@@H](n2ccc(N)nc2=O)[C@H](OC(C)=O)[C@H]1OC(C)=O. The van der Waals surface area contributed by atoms with Gasteiger partial charge < -0.3 is 29.4 Å². The van der Waals surface area contributed by atoms with E-state index in [1.165, 1.54) is 12.3 Å². The number of esters is 4. The number of hydrogen-bond donors (Lipinski definition) is 1. The zero-order valence-corrected chi connectivity index (χ0v) is 17.4. The maximum Gasteiger partial charge on any atom is 0.351 e.